The van der Waals surface area contributed by atoms with Gasteiger partial charge in [0, 0.05) is 17.5 Å². The first-order valence-electron chi connectivity index (χ1n) is 20.2. The number of hydrogen-bond donors (Lipinski definition) is 4. The number of nitrogen functional groups attached to an aromatic ring is 2. The maximum absolute atomic E-state index is 11.7. The Labute approximate surface area is 380 Å². The molecular weight excluding hydrogens is 899 g/mol. The van der Waals surface area contributed by atoms with Crippen LogP contribution in [0.2, 0.25) is 15.5 Å². The number of thioether (sulfide) groups is 2. The molecule has 2 aromatic heterocycles. The molecule has 0 spiro atoms. The molecule has 23 heteroatoms. The number of nitrogens with two attached hydrogens (primary N) is 3. The lowest BCUT2D eigenvalue weighted by Gasteiger charge is -2.24. The summed E-state index contributed by atoms with van der Waals surface area (Å²) in [6.45, 7) is 15.5. The first-order valence-corrected chi connectivity index (χ1v) is 23.3. The van der Waals surface area contributed by atoms with Gasteiger partial charge in [0.2, 0.25) is 0 Å². The first-order chi connectivity index (χ1) is 28.8. The number of halogens is 3. The highest BCUT2D eigenvalue weighted by Crippen LogP contribution is 2.42. The highest BCUT2D eigenvalue weighted by molar-refractivity contribution is 7.99. The zero-order valence-corrected chi connectivity index (χ0v) is 39.6. The lowest BCUT2D eigenvalue weighted by Crippen LogP contribution is -2.35. The number of fused-ring (bicyclic) bond motifs is 2. The molecule has 0 bridgehead atoms. The van der Waals surface area contributed by atoms with Gasteiger partial charge in [-0.05, 0) is 67.2 Å². The highest BCUT2D eigenvalue weighted by Gasteiger charge is 2.55. The van der Waals surface area contributed by atoms with Crippen molar-refractivity contribution in [3.05, 3.63) is 15.5 Å². The zero-order valence-electron chi connectivity index (χ0n) is 35.7. The summed E-state index contributed by atoms with van der Waals surface area (Å²) < 4.78 is 44.7. The third-order valence-corrected chi connectivity index (χ3v) is 12.2. The molecule has 0 amide bonds. The molecule has 18 nitrogen and oxygen atoms in total. The van der Waals surface area contributed by atoms with Crippen LogP contribution in [0.15, 0.2) is 10.3 Å². The number of carbonyl (C=O) groups excluding carboxylic acids is 2. The average molecular weight is 958 g/mol. The second kappa shape index (κ2) is 23.6. The van der Waals surface area contributed by atoms with E-state index in [2.05, 4.69) is 39.1 Å². The van der Waals surface area contributed by atoms with Crippen molar-refractivity contribution in [1.29, 1.82) is 0 Å². The van der Waals surface area contributed by atoms with Crippen molar-refractivity contribution >= 4 is 87.5 Å². The van der Waals surface area contributed by atoms with Gasteiger partial charge in [-0.1, -0.05) is 72.2 Å². The van der Waals surface area contributed by atoms with E-state index in [1.54, 1.807) is 13.8 Å². The Bertz CT molecular complexity index is 1750. The Kier molecular flexibility index (Phi) is 19.9. The van der Waals surface area contributed by atoms with Gasteiger partial charge in [0.05, 0.1) is 31.5 Å². The number of nitrogens with zero attached hydrogens (tertiary/aromatic N) is 4. The Morgan fingerprint density at radius 2 is 1.11 bits per heavy atom. The third kappa shape index (κ3) is 14.9. The standard InChI is InChI=1S/C19H29ClN4O5S.C12H21NO5.C7H9Cl2N3S/c1-5-7-30-18-23-16(20)13(21)17(24-18)22-10-8-11(27-9-12(25)26-6-2)15-14(10)28-19(3,4)29-15;1-4-15-9(14)6-16-8-5-7(13)10-11(8)18-12(2,3)17-10;1-2-3-13-7-11-5(8)4(10)6(9)12-7/h10-11,14-15H,5-9,21H2,1-4H3,(H,22,23,24);7-8,10-11H,4-6,13H2,1-3H3;2-3,10H2,1H3/t10-,11+,14+,15-;7-,8+,10+,11-;/m11./s1. The largest absolute Gasteiger partial charge is 0.464 e. The van der Waals surface area contributed by atoms with Gasteiger partial charge in [-0.15, -0.1) is 0 Å². The number of esters is 2. The monoisotopic (exact) mass is 956 g/mol. The molecule has 7 N–H and O–H groups in total. The average Bonchev–Trinajstić information content (AvgIpc) is 3.89. The Hall–Kier alpha value is -2.21. The number of aromatic nitrogens is 4. The van der Waals surface area contributed by atoms with E-state index in [-0.39, 0.29) is 94.7 Å². The van der Waals surface area contributed by atoms with E-state index in [1.807, 2.05) is 27.7 Å². The van der Waals surface area contributed by atoms with Crippen molar-refractivity contribution in [2.45, 2.75) is 152 Å². The molecule has 6 rings (SSSR count). The van der Waals surface area contributed by atoms with E-state index in [1.165, 1.54) is 23.5 Å². The van der Waals surface area contributed by atoms with Crippen LogP contribution in [-0.2, 0) is 47.5 Å². The quantitative estimate of drug-likeness (QED) is 0.0660. The van der Waals surface area contributed by atoms with Crippen LogP contribution in [0.25, 0.3) is 0 Å². The Morgan fingerprint density at radius 1 is 0.689 bits per heavy atom. The van der Waals surface area contributed by atoms with E-state index < -0.39 is 17.5 Å². The maximum Gasteiger partial charge on any atom is 0.332 e. The van der Waals surface area contributed by atoms with Gasteiger partial charge in [0.15, 0.2) is 43.2 Å². The summed E-state index contributed by atoms with van der Waals surface area (Å²) in [6.07, 6.45) is 1.66. The smallest absolute Gasteiger partial charge is 0.332 e. The molecule has 4 aliphatic rings. The molecular formula is C38H59Cl3N8O10S2. The van der Waals surface area contributed by atoms with Crippen LogP contribution in [0.4, 0.5) is 17.2 Å². The number of hydrogen-bond acceptors (Lipinski definition) is 20. The molecule has 2 aliphatic carbocycles. The van der Waals surface area contributed by atoms with Crippen molar-refractivity contribution in [2.75, 3.05) is 54.7 Å². The van der Waals surface area contributed by atoms with Crippen LogP contribution in [0.1, 0.15) is 81.1 Å². The molecule has 4 fully saturated rings. The normalized spacial score (nSPS) is 26.6. The van der Waals surface area contributed by atoms with Crippen molar-refractivity contribution < 1.29 is 47.5 Å². The fourth-order valence-electron chi connectivity index (χ4n) is 6.75. The van der Waals surface area contributed by atoms with Gasteiger partial charge >= 0.3 is 11.9 Å². The SMILES string of the molecule is CCCSc1nc(Cl)c(N)c(Cl)n1.CCCSc1nc(Cl)c(N)c(N[C@@H]2C[C@H](OCC(=O)OCC)[C@H]3OC(C)(C)O[C@H]32)n1.CCOC(=O)CO[C@H]1C[C@@H](N)[C@@H]2OC(C)(C)O[C@@H]21. The van der Waals surface area contributed by atoms with Crippen molar-refractivity contribution in [3.63, 3.8) is 0 Å². The fourth-order valence-corrected chi connectivity index (χ4v) is 8.86. The minimum Gasteiger partial charge on any atom is -0.464 e. The Morgan fingerprint density at radius 3 is 1.61 bits per heavy atom. The minimum atomic E-state index is -0.766. The predicted molar refractivity (Wildman–Crippen MR) is 235 cm³/mol. The van der Waals surface area contributed by atoms with Crippen LogP contribution >= 0.6 is 58.3 Å². The topological polar surface area (TPSA) is 250 Å². The molecule has 344 valence electrons. The van der Waals surface area contributed by atoms with Gasteiger partial charge in [-0.25, -0.2) is 29.5 Å². The second-order valence-corrected chi connectivity index (χ2v) is 18.3. The summed E-state index contributed by atoms with van der Waals surface area (Å²) >= 11 is 20.7. The summed E-state index contributed by atoms with van der Waals surface area (Å²) in [7, 11) is 0. The summed E-state index contributed by atoms with van der Waals surface area (Å²) in [5, 5.41) is 5.13. The molecule has 2 saturated heterocycles. The van der Waals surface area contributed by atoms with Gasteiger partial charge in [0.25, 0.3) is 0 Å². The first kappa shape index (κ1) is 51.4. The summed E-state index contributed by atoms with van der Waals surface area (Å²) in [4.78, 5) is 39.7. The number of nitrogens with one attached hydrogen (secondary N) is 1. The molecule has 0 unspecified atom stereocenters. The predicted octanol–water partition coefficient (Wildman–Crippen LogP) is 5.92. The minimum absolute atomic E-state index is 0.0712. The van der Waals surface area contributed by atoms with Gasteiger partial charge in [-0.2, -0.15) is 0 Å². The molecule has 8 atom stereocenters. The zero-order chi connectivity index (χ0) is 45.1. The summed E-state index contributed by atoms with van der Waals surface area (Å²) in [5.41, 5.74) is 18.1. The third-order valence-electron chi connectivity index (χ3n) is 9.21. The molecule has 4 heterocycles. The maximum atomic E-state index is 11.7. The molecule has 0 radical (unpaired) electrons. The van der Waals surface area contributed by atoms with E-state index in [9.17, 15) is 9.59 Å². The van der Waals surface area contributed by atoms with Gasteiger partial charge in [-0.3, -0.25) is 0 Å². The lowest BCUT2D eigenvalue weighted by molar-refractivity contribution is -0.172. The van der Waals surface area contributed by atoms with Gasteiger partial charge in [0.1, 0.15) is 49.0 Å². The highest BCUT2D eigenvalue weighted by atomic mass is 35.5. The Balaban J connectivity index is 0.000000223. The van der Waals surface area contributed by atoms with Crippen LogP contribution in [0.3, 0.4) is 0 Å². The van der Waals surface area contributed by atoms with Crippen molar-refractivity contribution in [1.82, 2.24) is 19.9 Å². The van der Waals surface area contributed by atoms with Crippen LogP contribution in [0, 0.1) is 0 Å². The van der Waals surface area contributed by atoms with Crippen molar-refractivity contribution in [2.24, 2.45) is 5.73 Å². The van der Waals surface area contributed by atoms with E-state index in [0.29, 0.717) is 42.2 Å². The van der Waals surface area contributed by atoms with Crippen LogP contribution < -0.4 is 22.5 Å². The molecule has 0 aromatic carbocycles. The lowest BCUT2D eigenvalue weighted by atomic mass is 10.2. The second-order valence-electron chi connectivity index (χ2n) is 15.1. The van der Waals surface area contributed by atoms with Crippen LogP contribution in [-0.4, -0.2) is 130 Å². The van der Waals surface area contributed by atoms with E-state index in [0.717, 1.165) is 24.3 Å². The number of anilines is 3. The molecule has 2 aliphatic heterocycles. The molecule has 61 heavy (non-hydrogen) atoms. The van der Waals surface area contributed by atoms with Crippen LogP contribution in [0.5, 0.6) is 0 Å². The fraction of sp³-hybridized carbons (Fsp3) is 0.737. The van der Waals surface area contributed by atoms with Gasteiger partial charge < -0.3 is 60.4 Å². The van der Waals surface area contributed by atoms with E-state index >= 15 is 0 Å². The number of ether oxygens (including phenoxy) is 8. The van der Waals surface area contributed by atoms with Crippen molar-refractivity contribution in [3.8, 4) is 0 Å². The summed E-state index contributed by atoms with van der Waals surface area (Å²) in [5.74, 6) is 0.0913. The summed E-state index contributed by atoms with van der Waals surface area (Å²) in [6, 6.07) is -0.315. The molecule has 2 aromatic rings. The number of carbonyl (C=O) groups is 2. The molecule has 2 saturated carbocycles. The van der Waals surface area contributed by atoms with E-state index in [4.69, 9.17) is 89.9 Å². The number of rotatable bonds is 16.